The monoisotopic (exact) mass is 384 g/mol. The van der Waals surface area contributed by atoms with Gasteiger partial charge in [0.15, 0.2) is 5.65 Å². The van der Waals surface area contributed by atoms with E-state index in [1.54, 1.807) is 21.7 Å². The van der Waals surface area contributed by atoms with Gasteiger partial charge in [-0.25, -0.2) is 13.9 Å². The third-order valence-corrected chi connectivity index (χ3v) is 4.68. The summed E-state index contributed by atoms with van der Waals surface area (Å²) in [6, 6.07) is 7.97. The average Bonchev–Trinajstić information content (AvgIpc) is 3.00. The van der Waals surface area contributed by atoms with E-state index < -0.39 is 6.09 Å². The van der Waals surface area contributed by atoms with Gasteiger partial charge in [-0.05, 0) is 50.6 Å². The third-order valence-electron chi connectivity index (χ3n) is 4.68. The van der Waals surface area contributed by atoms with Gasteiger partial charge in [0.05, 0.1) is 17.9 Å². The van der Waals surface area contributed by atoms with Crippen LogP contribution in [-0.4, -0.2) is 45.5 Å². The number of hydrogen-bond donors (Lipinski definition) is 0. The second-order valence-corrected chi connectivity index (χ2v) is 6.64. The SMILES string of the molecule is CCOCCCN1Cc2cc3c(C)nn(-c4ccc(F)cc4)c3nc2OC1=O. The summed E-state index contributed by atoms with van der Waals surface area (Å²) in [5, 5.41) is 5.40. The van der Waals surface area contributed by atoms with E-state index in [0.717, 1.165) is 23.1 Å². The first-order valence-corrected chi connectivity index (χ1v) is 9.26. The van der Waals surface area contributed by atoms with Gasteiger partial charge in [0.1, 0.15) is 5.82 Å². The predicted octanol–water partition coefficient (Wildman–Crippen LogP) is 3.61. The Kier molecular flexibility index (Phi) is 4.95. The number of fused-ring (bicyclic) bond motifs is 2. The summed E-state index contributed by atoms with van der Waals surface area (Å²) in [5.74, 6) is -0.0255. The normalized spacial score (nSPS) is 13.7. The topological polar surface area (TPSA) is 69.5 Å². The highest BCUT2D eigenvalue weighted by Gasteiger charge is 2.27. The second-order valence-electron chi connectivity index (χ2n) is 6.64. The first kappa shape index (κ1) is 18.4. The fourth-order valence-corrected chi connectivity index (χ4v) is 3.26. The number of rotatable bonds is 6. The molecular formula is C20H21FN4O3. The summed E-state index contributed by atoms with van der Waals surface area (Å²) < 4.78 is 25.7. The molecule has 0 aliphatic carbocycles. The summed E-state index contributed by atoms with van der Waals surface area (Å²) in [6.07, 6.45) is 0.329. The quantitative estimate of drug-likeness (QED) is 0.607. The van der Waals surface area contributed by atoms with Crippen molar-refractivity contribution in [2.24, 2.45) is 0 Å². The zero-order chi connectivity index (χ0) is 19.7. The van der Waals surface area contributed by atoms with E-state index >= 15 is 0 Å². The zero-order valence-corrected chi connectivity index (χ0v) is 15.8. The van der Waals surface area contributed by atoms with Gasteiger partial charge in [0.2, 0.25) is 5.88 Å². The molecule has 0 spiro atoms. The van der Waals surface area contributed by atoms with Crippen molar-refractivity contribution in [1.82, 2.24) is 19.7 Å². The maximum atomic E-state index is 13.2. The highest BCUT2D eigenvalue weighted by molar-refractivity contribution is 5.83. The number of halogens is 1. The zero-order valence-electron chi connectivity index (χ0n) is 15.8. The minimum atomic E-state index is -0.416. The Hall–Kier alpha value is -3.00. The number of nitrogens with zero attached hydrogens (tertiary/aromatic N) is 4. The molecule has 1 aliphatic heterocycles. The van der Waals surface area contributed by atoms with Crippen LogP contribution in [0.5, 0.6) is 5.88 Å². The molecule has 3 aromatic rings. The molecule has 0 bridgehead atoms. The standard InChI is InChI=1S/C20H21FN4O3/c1-3-27-10-4-9-24-12-14-11-17-13(2)23-25(16-7-5-15(21)6-8-16)18(17)22-19(14)28-20(24)26/h5-8,11H,3-4,9-10,12H2,1-2H3. The molecule has 1 aromatic carbocycles. The fraction of sp³-hybridized carbons (Fsp3) is 0.350. The molecule has 7 nitrogen and oxygen atoms in total. The van der Waals surface area contributed by atoms with Crippen molar-refractivity contribution in [2.75, 3.05) is 19.8 Å². The van der Waals surface area contributed by atoms with Gasteiger partial charge in [-0.3, -0.25) is 0 Å². The van der Waals surface area contributed by atoms with E-state index in [1.165, 1.54) is 12.1 Å². The van der Waals surface area contributed by atoms with Crippen molar-refractivity contribution in [3.63, 3.8) is 0 Å². The lowest BCUT2D eigenvalue weighted by atomic mass is 10.1. The number of hydrogen-bond acceptors (Lipinski definition) is 5. The van der Waals surface area contributed by atoms with E-state index in [-0.39, 0.29) is 5.82 Å². The minimum Gasteiger partial charge on any atom is -0.391 e. The molecule has 2 aromatic heterocycles. The number of amides is 1. The molecule has 0 N–H and O–H groups in total. The molecule has 1 amide bonds. The molecule has 0 radical (unpaired) electrons. The molecule has 4 rings (SSSR count). The number of aromatic nitrogens is 3. The van der Waals surface area contributed by atoms with E-state index in [4.69, 9.17) is 9.47 Å². The third kappa shape index (κ3) is 3.43. The molecule has 0 unspecified atom stereocenters. The van der Waals surface area contributed by atoms with Crippen LogP contribution in [-0.2, 0) is 11.3 Å². The van der Waals surface area contributed by atoms with Gasteiger partial charge < -0.3 is 14.4 Å². The van der Waals surface area contributed by atoms with Crippen molar-refractivity contribution in [1.29, 1.82) is 0 Å². The largest absolute Gasteiger partial charge is 0.416 e. The van der Waals surface area contributed by atoms with Crippen molar-refractivity contribution in [3.05, 3.63) is 47.4 Å². The van der Waals surface area contributed by atoms with Crippen molar-refractivity contribution >= 4 is 17.1 Å². The van der Waals surface area contributed by atoms with Crippen molar-refractivity contribution in [3.8, 4) is 11.6 Å². The van der Waals surface area contributed by atoms with Crippen LogP contribution in [0.1, 0.15) is 24.6 Å². The van der Waals surface area contributed by atoms with Crippen molar-refractivity contribution in [2.45, 2.75) is 26.8 Å². The smallest absolute Gasteiger partial charge is 0.391 e. The second kappa shape index (κ2) is 7.55. The van der Waals surface area contributed by atoms with Crippen LogP contribution < -0.4 is 4.74 Å². The van der Waals surface area contributed by atoms with Crippen LogP contribution in [0.2, 0.25) is 0 Å². The molecule has 146 valence electrons. The fourth-order valence-electron chi connectivity index (χ4n) is 3.26. The van der Waals surface area contributed by atoms with E-state index in [1.807, 2.05) is 19.9 Å². The molecule has 8 heteroatoms. The predicted molar refractivity (Wildman–Crippen MR) is 101 cm³/mol. The van der Waals surface area contributed by atoms with Crippen LogP contribution in [0.15, 0.2) is 30.3 Å². The first-order valence-electron chi connectivity index (χ1n) is 9.26. The summed E-state index contributed by atoms with van der Waals surface area (Å²) in [4.78, 5) is 18.5. The highest BCUT2D eigenvalue weighted by Crippen LogP contribution is 2.30. The summed E-state index contributed by atoms with van der Waals surface area (Å²) in [5.41, 5.74) is 2.90. The average molecular weight is 384 g/mol. The van der Waals surface area contributed by atoms with E-state index in [9.17, 15) is 9.18 Å². The number of aryl methyl sites for hydroxylation is 1. The molecule has 28 heavy (non-hydrogen) atoms. The minimum absolute atomic E-state index is 0.293. The maximum absolute atomic E-state index is 13.2. The van der Waals surface area contributed by atoms with Gasteiger partial charge in [-0.2, -0.15) is 10.1 Å². The number of carbonyl (C=O) groups excluding carboxylic acids is 1. The van der Waals surface area contributed by atoms with Gasteiger partial charge >= 0.3 is 6.09 Å². The Labute approximate surface area is 161 Å². The van der Waals surface area contributed by atoms with Crippen molar-refractivity contribution < 1.29 is 18.7 Å². The number of ether oxygens (including phenoxy) is 2. The van der Waals surface area contributed by atoms with Crippen LogP contribution >= 0.6 is 0 Å². The Morgan fingerprint density at radius 1 is 1.29 bits per heavy atom. The van der Waals surface area contributed by atoms with Gasteiger partial charge in [0.25, 0.3) is 0 Å². The van der Waals surface area contributed by atoms with Crippen LogP contribution in [0.3, 0.4) is 0 Å². The summed E-state index contributed by atoms with van der Waals surface area (Å²) in [7, 11) is 0. The van der Waals surface area contributed by atoms with Crippen LogP contribution in [0.25, 0.3) is 16.7 Å². The lowest BCUT2D eigenvalue weighted by molar-refractivity contribution is 0.114. The summed E-state index contributed by atoms with van der Waals surface area (Å²) in [6.45, 7) is 6.09. The van der Waals surface area contributed by atoms with E-state index in [2.05, 4.69) is 10.1 Å². The molecule has 0 saturated heterocycles. The molecular weight excluding hydrogens is 363 g/mol. The van der Waals surface area contributed by atoms with Gasteiger partial charge in [-0.15, -0.1) is 0 Å². The number of pyridine rings is 1. The maximum Gasteiger partial charge on any atom is 0.416 e. The number of benzene rings is 1. The molecule has 3 heterocycles. The van der Waals surface area contributed by atoms with Crippen LogP contribution in [0, 0.1) is 12.7 Å². The van der Waals surface area contributed by atoms with E-state index in [0.29, 0.717) is 43.5 Å². The Morgan fingerprint density at radius 2 is 2.07 bits per heavy atom. The Balaban J connectivity index is 1.65. The van der Waals surface area contributed by atoms with Crippen LogP contribution in [0.4, 0.5) is 9.18 Å². The molecule has 0 atom stereocenters. The lowest BCUT2D eigenvalue weighted by Crippen LogP contribution is -2.38. The molecule has 0 saturated carbocycles. The van der Waals surface area contributed by atoms with Gasteiger partial charge in [0, 0.05) is 30.7 Å². The first-order chi connectivity index (χ1) is 13.6. The molecule has 1 aliphatic rings. The Bertz CT molecular complexity index is 1020. The summed E-state index contributed by atoms with van der Waals surface area (Å²) >= 11 is 0. The Morgan fingerprint density at radius 3 is 2.82 bits per heavy atom. The lowest BCUT2D eigenvalue weighted by Gasteiger charge is -2.27. The highest BCUT2D eigenvalue weighted by atomic mass is 19.1. The number of carbonyl (C=O) groups is 1. The van der Waals surface area contributed by atoms with Gasteiger partial charge in [-0.1, -0.05) is 0 Å². The molecule has 0 fully saturated rings.